The van der Waals surface area contributed by atoms with Crippen molar-refractivity contribution in [1.29, 1.82) is 0 Å². The number of benzene rings is 3. The SMILES string of the molecule is COc1cc(C)c(S(=O)(=O)N[C@H](c2ccccc2)c2ccc(C)cc2)cc1C. The Morgan fingerprint density at radius 3 is 2.04 bits per heavy atom. The number of methoxy groups -OCH3 is 1. The molecule has 0 unspecified atom stereocenters. The second kappa shape index (κ2) is 8.17. The quantitative estimate of drug-likeness (QED) is 0.659. The molecule has 0 spiro atoms. The molecule has 0 saturated heterocycles. The van der Waals surface area contributed by atoms with Crippen molar-refractivity contribution < 1.29 is 13.2 Å². The third kappa shape index (κ3) is 4.26. The minimum Gasteiger partial charge on any atom is -0.496 e. The lowest BCUT2D eigenvalue weighted by Crippen LogP contribution is -2.30. The summed E-state index contributed by atoms with van der Waals surface area (Å²) in [5.74, 6) is 0.676. The van der Waals surface area contributed by atoms with Gasteiger partial charge in [0.15, 0.2) is 0 Å². The number of sulfonamides is 1. The zero-order chi connectivity index (χ0) is 20.3. The monoisotopic (exact) mass is 395 g/mol. The van der Waals surface area contributed by atoms with E-state index in [1.54, 1.807) is 26.2 Å². The molecule has 0 saturated carbocycles. The number of nitrogens with one attached hydrogen (secondary N) is 1. The highest BCUT2D eigenvalue weighted by Crippen LogP contribution is 2.29. The van der Waals surface area contributed by atoms with Crippen LogP contribution in [0, 0.1) is 20.8 Å². The second-order valence-electron chi connectivity index (χ2n) is 6.96. The van der Waals surface area contributed by atoms with E-state index in [9.17, 15) is 8.42 Å². The van der Waals surface area contributed by atoms with Crippen LogP contribution in [-0.4, -0.2) is 15.5 Å². The summed E-state index contributed by atoms with van der Waals surface area (Å²) < 4.78 is 34.8. The van der Waals surface area contributed by atoms with Gasteiger partial charge in [-0.3, -0.25) is 0 Å². The Bertz CT molecular complexity index is 1060. The van der Waals surface area contributed by atoms with Crippen LogP contribution in [0.1, 0.15) is 33.9 Å². The van der Waals surface area contributed by atoms with Crippen molar-refractivity contribution >= 4 is 10.0 Å². The summed E-state index contributed by atoms with van der Waals surface area (Å²) in [7, 11) is -2.17. The van der Waals surface area contributed by atoms with Crippen molar-refractivity contribution in [2.24, 2.45) is 0 Å². The third-order valence-corrected chi connectivity index (χ3v) is 6.36. The Morgan fingerprint density at radius 1 is 0.821 bits per heavy atom. The fraction of sp³-hybridized carbons (Fsp3) is 0.217. The van der Waals surface area contributed by atoms with Crippen LogP contribution in [0.2, 0.25) is 0 Å². The molecule has 0 heterocycles. The average Bonchev–Trinajstić information content (AvgIpc) is 2.69. The number of hydrogen-bond acceptors (Lipinski definition) is 3. The molecule has 0 aromatic heterocycles. The fourth-order valence-corrected chi connectivity index (χ4v) is 4.75. The summed E-state index contributed by atoms with van der Waals surface area (Å²) in [4.78, 5) is 0.263. The van der Waals surface area contributed by atoms with Crippen molar-refractivity contribution in [3.8, 4) is 5.75 Å². The van der Waals surface area contributed by atoms with Crippen molar-refractivity contribution in [2.75, 3.05) is 7.11 Å². The third-order valence-electron chi connectivity index (χ3n) is 4.80. The highest BCUT2D eigenvalue weighted by Gasteiger charge is 2.25. The molecule has 1 N–H and O–H groups in total. The van der Waals surface area contributed by atoms with Gasteiger partial charge in [0.05, 0.1) is 18.0 Å². The van der Waals surface area contributed by atoms with Crippen LogP contribution in [0.4, 0.5) is 0 Å². The van der Waals surface area contributed by atoms with Gasteiger partial charge in [0.2, 0.25) is 10.0 Å². The minimum atomic E-state index is -3.75. The molecule has 0 bridgehead atoms. The molecule has 5 heteroatoms. The predicted octanol–water partition coefficient (Wildman–Crippen LogP) is 4.69. The maximum atomic E-state index is 13.3. The van der Waals surface area contributed by atoms with E-state index in [0.717, 1.165) is 22.3 Å². The lowest BCUT2D eigenvalue weighted by Gasteiger charge is -2.21. The van der Waals surface area contributed by atoms with Crippen LogP contribution in [0.5, 0.6) is 5.75 Å². The van der Waals surface area contributed by atoms with Gasteiger partial charge >= 0.3 is 0 Å². The van der Waals surface area contributed by atoms with Crippen LogP contribution in [-0.2, 0) is 10.0 Å². The van der Waals surface area contributed by atoms with Crippen molar-refractivity contribution in [2.45, 2.75) is 31.7 Å². The molecule has 1 atom stereocenters. The molecule has 4 nitrogen and oxygen atoms in total. The molecule has 0 aliphatic heterocycles. The van der Waals surface area contributed by atoms with Crippen molar-refractivity contribution in [1.82, 2.24) is 4.72 Å². The standard InChI is InChI=1S/C23H25NO3S/c1-16-10-12-20(13-11-16)23(19-8-6-5-7-9-19)24-28(25,26)22-15-17(2)21(27-4)14-18(22)3/h5-15,23-24H,1-4H3/t23-/m1/s1. The largest absolute Gasteiger partial charge is 0.496 e. The molecule has 28 heavy (non-hydrogen) atoms. The van der Waals surface area contributed by atoms with Gasteiger partial charge in [0.1, 0.15) is 5.75 Å². The highest BCUT2D eigenvalue weighted by atomic mass is 32.2. The van der Waals surface area contributed by atoms with Gasteiger partial charge in [-0.05, 0) is 55.2 Å². The van der Waals surface area contributed by atoms with Crippen LogP contribution < -0.4 is 9.46 Å². The zero-order valence-corrected chi connectivity index (χ0v) is 17.4. The molecule has 0 amide bonds. The summed E-state index contributed by atoms with van der Waals surface area (Å²) in [6.45, 7) is 5.63. The van der Waals surface area contributed by atoms with Crippen LogP contribution >= 0.6 is 0 Å². The van der Waals surface area contributed by atoms with E-state index >= 15 is 0 Å². The van der Waals surface area contributed by atoms with E-state index in [2.05, 4.69) is 4.72 Å². The van der Waals surface area contributed by atoms with E-state index in [-0.39, 0.29) is 4.90 Å². The summed E-state index contributed by atoms with van der Waals surface area (Å²) in [6, 6.07) is 20.4. The molecule has 3 aromatic rings. The maximum Gasteiger partial charge on any atom is 0.241 e. The first kappa shape index (κ1) is 20.1. The van der Waals surface area contributed by atoms with Gasteiger partial charge in [-0.2, -0.15) is 4.72 Å². The maximum absolute atomic E-state index is 13.3. The molecule has 0 aliphatic carbocycles. The molecular weight excluding hydrogens is 370 g/mol. The number of ether oxygens (including phenoxy) is 1. The van der Waals surface area contributed by atoms with Crippen LogP contribution in [0.25, 0.3) is 0 Å². The first-order valence-electron chi connectivity index (χ1n) is 9.11. The normalized spacial score (nSPS) is 12.6. The van der Waals surface area contributed by atoms with Gasteiger partial charge in [0.25, 0.3) is 0 Å². The second-order valence-corrected chi connectivity index (χ2v) is 8.65. The Labute approximate surface area is 167 Å². The Kier molecular flexibility index (Phi) is 5.87. The summed E-state index contributed by atoms with van der Waals surface area (Å²) >= 11 is 0. The van der Waals surface area contributed by atoms with E-state index in [4.69, 9.17) is 4.74 Å². The number of rotatable bonds is 6. The first-order valence-corrected chi connectivity index (χ1v) is 10.6. The fourth-order valence-electron chi connectivity index (χ4n) is 3.22. The van der Waals surface area contributed by atoms with E-state index in [0.29, 0.717) is 11.3 Å². The van der Waals surface area contributed by atoms with Crippen molar-refractivity contribution in [3.63, 3.8) is 0 Å². The lowest BCUT2D eigenvalue weighted by molar-refractivity contribution is 0.411. The van der Waals surface area contributed by atoms with E-state index in [1.807, 2.05) is 68.4 Å². The lowest BCUT2D eigenvalue weighted by atomic mass is 9.99. The predicted molar refractivity (Wildman–Crippen MR) is 112 cm³/mol. The molecule has 0 radical (unpaired) electrons. The van der Waals surface area contributed by atoms with Gasteiger partial charge in [0, 0.05) is 0 Å². The smallest absolute Gasteiger partial charge is 0.241 e. The van der Waals surface area contributed by atoms with E-state index < -0.39 is 16.1 Å². The Hall–Kier alpha value is -2.63. The first-order chi connectivity index (χ1) is 13.3. The Morgan fingerprint density at radius 2 is 1.43 bits per heavy atom. The summed E-state index contributed by atoms with van der Waals surface area (Å²) in [5, 5.41) is 0. The van der Waals surface area contributed by atoms with E-state index in [1.165, 1.54) is 0 Å². The average molecular weight is 396 g/mol. The molecule has 146 valence electrons. The van der Waals surface area contributed by atoms with Gasteiger partial charge < -0.3 is 4.74 Å². The zero-order valence-electron chi connectivity index (χ0n) is 16.6. The summed E-state index contributed by atoms with van der Waals surface area (Å²) in [6.07, 6.45) is 0. The molecule has 3 rings (SSSR count). The topological polar surface area (TPSA) is 55.4 Å². The minimum absolute atomic E-state index is 0.263. The highest BCUT2D eigenvalue weighted by molar-refractivity contribution is 7.89. The molecular formula is C23H25NO3S. The van der Waals surface area contributed by atoms with Gasteiger partial charge in [-0.1, -0.05) is 60.2 Å². The van der Waals surface area contributed by atoms with Crippen LogP contribution in [0.3, 0.4) is 0 Å². The number of hydrogen-bond donors (Lipinski definition) is 1. The van der Waals surface area contributed by atoms with Crippen molar-refractivity contribution in [3.05, 3.63) is 94.5 Å². The Balaban J connectivity index is 2.05. The molecule has 0 aliphatic rings. The summed E-state index contributed by atoms with van der Waals surface area (Å²) in [5.41, 5.74) is 4.33. The number of aryl methyl sites for hydroxylation is 3. The molecule has 3 aromatic carbocycles. The van der Waals surface area contributed by atoms with Gasteiger partial charge in [-0.25, -0.2) is 8.42 Å². The van der Waals surface area contributed by atoms with Gasteiger partial charge in [-0.15, -0.1) is 0 Å². The van der Waals surface area contributed by atoms with Crippen LogP contribution in [0.15, 0.2) is 71.6 Å². The molecule has 0 fully saturated rings.